The third-order valence-electron chi connectivity index (χ3n) is 3.15. The molecular formula is C15H19F3N2O3. The second-order valence-electron chi connectivity index (χ2n) is 5.50. The second kappa shape index (κ2) is 7.34. The van der Waals surface area contributed by atoms with Gasteiger partial charge in [0.1, 0.15) is 11.8 Å². The number of benzene rings is 1. The zero-order chi connectivity index (χ0) is 17.8. The van der Waals surface area contributed by atoms with Crippen LogP contribution in [0.5, 0.6) is 5.75 Å². The monoisotopic (exact) mass is 332 g/mol. The van der Waals surface area contributed by atoms with Crippen LogP contribution in [0.1, 0.15) is 36.2 Å². The zero-order valence-corrected chi connectivity index (χ0v) is 13.0. The van der Waals surface area contributed by atoms with Crippen molar-refractivity contribution in [2.75, 3.05) is 7.05 Å². The number of alkyl halides is 3. The van der Waals surface area contributed by atoms with E-state index in [0.717, 1.165) is 6.07 Å². The molecule has 128 valence electrons. The summed E-state index contributed by atoms with van der Waals surface area (Å²) in [5, 5.41) is 14.5. The van der Waals surface area contributed by atoms with Crippen LogP contribution in [0.4, 0.5) is 13.2 Å². The first-order chi connectivity index (χ1) is 10.6. The Morgan fingerprint density at radius 3 is 2.30 bits per heavy atom. The van der Waals surface area contributed by atoms with Crippen LogP contribution >= 0.6 is 0 Å². The Morgan fingerprint density at radius 2 is 1.87 bits per heavy atom. The largest absolute Gasteiger partial charge is 0.507 e. The Labute approximate surface area is 131 Å². The topological polar surface area (TPSA) is 78.4 Å². The van der Waals surface area contributed by atoms with Crippen molar-refractivity contribution in [1.82, 2.24) is 10.6 Å². The quantitative estimate of drug-likeness (QED) is 0.774. The molecule has 0 aliphatic carbocycles. The molecule has 0 aliphatic heterocycles. The van der Waals surface area contributed by atoms with Crippen molar-refractivity contribution in [3.8, 4) is 5.75 Å². The predicted molar refractivity (Wildman–Crippen MR) is 77.9 cm³/mol. The first-order valence-corrected chi connectivity index (χ1v) is 6.99. The van der Waals surface area contributed by atoms with E-state index in [4.69, 9.17) is 0 Å². The number of aromatic hydroxyl groups is 1. The number of carbonyl (C=O) groups excluding carboxylic acids is 2. The summed E-state index contributed by atoms with van der Waals surface area (Å²) in [4.78, 5) is 23.9. The number of hydrogen-bond donors (Lipinski definition) is 3. The van der Waals surface area contributed by atoms with Gasteiger partial charge in [-0.15, -0.1) is 0 Å². The van der Waals surface area contributed by atoms with Crippen LogP contribution in [-0.2, 0) is 11.0 Å². The van der Waals surface area contributed by atoms with E-state index in [1.54, 1.807) is 0 Å². The minimum atomic E-state index is -4.62. The summed E-state index contributed by atoms with van der Waals surface area (Å²) in [6.07, 6.45) is -4.26. The number of phenols is 1. The summed E-state index contributed by atoms with van der Waals surface area (Å²) in [7, 11) is 1.41. The molecule has 0 saturated carbocycles. The molecule has 3 N–H and O–H groups in total. The van der Waals surface area contributed by atoms with Crippen molar-refractivity contribution < 1.29 is 27.9 Å². The van der Waals surface area contributed by atoms with Crippen LogP contribution in [0.3, 0.4) is 0 Å². The van der Waals surface area contributed by atoms with E-state index in [0.29, 0.717) is 18.6 Å². The highest BCUT2D eigenvalue weighted by molar-refractivity contribution is 5.99. The molecular weight excluding hydrogens is 313 g/mol. The fraction of sp³-hybridized carbons (Fsp3) is 0.467. The average Bonchev–Trinajstić information content (AvgIpc) is 2.43. The number of halogens is 3. The maximum Gasteiger partial charge on any atom is 0.416 e. The zero-order valence-electron chi connectivity index (χ0n) is 13.0. The molecule has 0 spiro atoms. The molecule has 1 rings (SSSR count). The van der Waals surface area contributed by atoms with Crippen LogP contribution in [-0.4, -0.2) is 30.0 Å². The van der Waals surface area contributed by atoms with E-state index >= 15 is 0 Å². The summed E-state index contributed by atoms with van der Waals surface area (Å²) in [6.45, 7) is 3.72. The highest BCUT2D eigenvalue weighted by Gasteiger charge is 2.32. The van der Waals surface area contributed by atoms with Gasteiger partial charge in [0.25, 0.3) is 5.91 Å². The van der Waals surface area contributed by atoms with E-state index in [9.17, 15) is 27.9 Å². The van der Waals surface area contributed by atoms with Gasteiger partial charge in [-0.2, -0.15) is 13.2 Å². The van der Waals surface area contributed by atoms with Gasteiger partial charge in [0.15, 0.2) is 0 Å². The molecule has 23 heavy (non-hydrogen) atoms. The number of hydrogen-bond acceptors (Lipinski definition) is 3. The first kappa shape index (κ1) is 18.8. The van der Waals surface area contributed by atoms with Crippen molar-refractivity contribution in [2.45, 2.75) is 32.5 Å². The smallest absolute Gasteiger partial charge is 0.416 e. The Kier molecular flexibility index (Phi) is 6.00. The second-order valence-corrected chi connectivity index (χ2v) is 5.50. The first-order valence-electron chi connectivity index (χ1n) is 6.99. The Balaban J connectivity index is 2.98. The maximum absolute atomic E-state index is 12.5. The SMILES string of the molecule is CNC(=O)C(CC(C)C)NC(=O)c1ccc(C(F)(F)F)cc1O. The minimum absolute atomic E-state index is 0.110. The molecule has 0 saturated heterocycles. The lowest BCUT2D eigenvalue weighted by molar-refractivity contribution is -0.137. The van der Waals surface area contributed by atoms with Crippen LogP contribution in [0, 0.1) is 5.92 Å². The fourth-order valence-electron chi connectivity index (χ4n) is 2.01. The van der Waals surface area contributed by atoms with Crippen LogP contribution in [0.15, 0.2) is 18.2 Å². The van der Waals surface area contributed by atoms with Crippen molar-refractivity contribution in [2.24, 2.45) is 5.92 Å². The van der Waals surface area contributed by atoms with Crippen LogP contribution in [0.2, 0.25) is 0 Å². The van der Waals surface area contributed by atoms with Gasteiger partial charge in [0.05, 0.1) is 11.1 Å². The number of likely N-dealkylation sites (N-methyl/N-ethyl adjacent to an activating group) is 1. The molecule has 1 unspecified atom stereocenters. The van der Waals surface area contributed by atoms with Crippen LogP contribution in [0.25, 0.3) is 0 Å². The van der Waals surface area contributed by atoms with Gasteiger partial charge < -0.3 is 15.7 Å². The lowest BCUT2D eigenvalue weighted by atomic mass is 10.0. The standard InChI is InChI=1S/C15H19F3N2O3/c1-8(2)6-11(14(23)19-3)20-13(22)10-5-4-9(7-12(10)21)15(16,17)18/h4-5,7-8,11,21H,6H2,1-3H3,(H,19,23)(H,20,22). The van der Waals surface area contributed by atoms with Gasteiger partial charge in [-0.1, -0.05) is 13.8 Å². The molecule has 0 aliphatic rings. The van der Waals surface area contributed by atoms with Crippen molar-refractivity contribution in [3.05, 3.63) is 29.3 Å². The Bertz CT molecular complexity index is 586. The molecule has 0 fully saturated rings. The summed E-state index contributed by atoms with van der Waals surface area (Å²) in [6, 6.07) is 1.22. The molecule has 8 heteroatoms. The van der Waals surface area contributed by atoms with Gasteiger partial charge in [-0.3, -0.25) is 9.59 Å². The number of phenolic OH excluding ortho intramolecular Hbond substituents is 1. The molecule has 2 amide bonds. The maximum atomic E-state index is 12.5. The van der Waals surface area contributed by atoms with E-state index in [2.05, 4.69) is 10.6 Å². The molecule has 0 radical (unpaired) electrons. The van der Waals surface area contributed by atoms with Crippen molar-refractivity contribution in [3.63, 3.8) is 0 Å². The highest BCUT2D eigenvalue weighted by atomic mass is 19.4. The van der Waals surface area contributed by atoms with E-state index in [1.807, 2.05) is 13.8 Å². The number of carbonyl (C=O) groups is 2. The normalized spacial score (nSPS) is 12.8. The minimum Gasteiger partial charge on any atom is -0.507 e. The van der Waals surface area contributed by atoms with Gasteiger partial charge in [0, 0.05) is 7.05 Å². The Hall–Kier alpha value is -2.25. The van der Waals surface area contributed by atoms with Crippen molar-refractivity contribution in [1.29, 1.82) is 0 Å². The Morgan fingerprint density at radius 1 is 1.26 bits per heavy atom. The van der Waals surface area contributed by atoms with E-state index < -0.39 is 35.3 Å². The molecule has 0 bridgehead atoms. The molecule has 1 aromatic rings. The lowest BCUT2D eigenvalue weighted by Crippen LogP contribution is -2.46. The van der Waals surface area contributed by atoms with E-state index in [1.165, 1.54) is 7.05 Å². The third-order valence-corrected chi connectivity index (χ3v) is 3.15. The summed E-state index contributed by atoms with van der Waals surface area (Å²) in [5.41, 5.74) is -1.38. The third kappa shape index (κ3) is 5.15. The fourth-order valence-corrected chi connectivity index (χ4v) is 2.01. The van der Waals surface area contributed by atoms with Gasteiger partial charge >= 0.3 is 6.18 Å². The summed E-state index contributed by atoms with van der Waals surface area (Å²) >= 11 is 0. The molecule has 1 aromatic carbocycles. The summed E-state index contributed by atoms with van der Waals surface area (Å²) in [5.74, 6) is -1.92. The van der Waals surface area contributed by atoms with E-state index in [-0.39, 0.29) is 11.5 Å². The average molecular weight is 332 g/mol. The highest BCUT2D eigenvalue weighted by Crippen LogP contribution is 2.32. The molecule has 1 atom stereocenters. The number of nitrogens with one attached hydrogen (secondary N) is 2. The molecule has 5 nitrogen and oxygen atoms in total. The summed E-state index contributed by atoms with van der Waals surface area (Å²) < 4.78 is 37.6. The lowest BCUT2D eigenvalue weighted by Gasteiger charge is -2.19. The molecule has 0 aromatic heterocycles. The van der Waals surface area contributed by atoms with Gasteiger partial charge in [-0.05, 0) is 30.5 Å². The van der Waals surface area contributed by atoms with Gasteiger partial charge in [-0.25, -0.2) is 0 Å². The number of amides is 2. The molecule has 0 heterocycles. The number of rotatable bonds is 5. The van der Waals surface area contributed by atoms with Crippen LogP contribution < -0.4 is 10.6 Å². The van der Waals surface area contributed by atoms with Crippen molar-refractivity contribution >= 4 is 11.8 Å². The predicted octanol–water partition coefficient (Wildman–Crippen LogP) is 2.30. The van der Waals surface area contributed by atoms with Gasteiger partial charge in [0.2, 0.25) is 5.91 Å².